The molecule has 0 aromatic carbocycles. The molecular weight excluding hydrogens is 1000 g/mol. The molecule has 1 amide bonds. The summed E-state index contributed by atoms with van der Waals surface area (Å²) in [5, 5.41) is 87.2. The Morgan fingerprint density at radius 2 is 0.810 bits per heavy atom. The summed E-state index contributed by atoms with van der Waals surface area (Å²) in [6, 6.07) is -0.934. The third-order valence-electron chi connectivity index (χ3n) is 16.0. The fraction of sp³-hybridized carbons (Fsp3) is 0.892. The first-order valence-corrected chi connectivity index (χ1v) is 32.7. The molecule has 12 unspecified atom stereocenters. The Labute approximate surface area is 481 Å². The molecule has 0 aromatic rings. The fourth-order valence-electron chi connectivity index (χ4n) is 10.8. The molecule has 14 heteroatoms. The van der Waals surface area contributed by atoms with Crippen LogP contribution in [0.4, 0.5) is 0 Å². The summed E-state index contributed by atoms with van der Waals surface area (Å²) >= 11 is 0. The van der Waals surface area contributed by atoms with Gasteiger partial charge in [-0.05, 0) is 57.8 Å². The Kier molecular flexibility index (Phi) is 47.0. The van der Waals surface area contributed by atoms with Gasteiger partial charge in [-0.25, -0.2) is 0 Å². The molecule has 12 atom stereocenters. The van der Waals surface area contributed by atoms with E-state index in [9.17, 15) is 45.6 Å². The number of aliphatic hydroxyl groups is 8. The van der Waals surface area contributed by atoms with Gasteiger partial charge in [0.1, 0.15) is 48.8 Å². The van der Waals surface area contributed by atoms with Gasteiger partial charge in [0.05, 0.1) is 32.0 Å². The molecule has 14 nitrogen and oxygen atoms in total. The summed E-state index contributed by atoms with van der Waals surface area (Å²) < 4.78 is 22.8. The van der Waals surface area contributed by atoms with Crippen molar-refractivity contribution in [3.05, 3.63) is 36.5 Å². The Morgan fingerprint density at radius 1 is 0.443 bits per heavy atom. The van der Waals surface area contributed by atoms with E-state index in [0.717, 1.165) is 38.5 Å². The first-order valence-electron chi connectivity index (χ1n) is 32.7. The maximum Gasteiger partial charge on any atom is 0.220 e. The second-order valence-corrected chi connectivity index (χ2v) is 23.2. The molecular formula is C65H121NO13. The van der Waals surface area contributed by atoms with Crippen molar-refractivity contribution >= 4 is 5.91 Å². The Morgan fingerprint density at radius 3 is 1.24 bits per heavy atom. The highest BCUT2D eigenvalue weighted by molar-refractivity contribution is 5.76. The molecule has 0 spiro atoms. The smallest absolute Gasteiger partial charge is 0.220 e. The Hall–Kier alpha value is -1.79. The molecule has 2 heterocycles. The molecule has 0 saturated carbocycles. The van der Waals surface area contributed by atoms with Crippen LogP contribution in [0.2, 0.25) is 0 Å². The summed E-state index contributed by atoms with van der Waals surface area (Å²) in [7, 11) is 0. The zero-order valence-corrected chi connectivity index (χ0v) is 50.1. The van der Waals surface area contributed by atoms with Crippen LogP contribution < -0.4 is 5.32 Å². The second-order valence-electron chi connectivity index (χ2n) is 23.2. The van der Waals surface area contributed by atoms with E-state index in [1.165, 1.54) is 205 Å². The number of nitrogens with one attached hydrogen (secondary N) is 1. The summed E-state index contributed by atoms with van der Waals surface area (Å²) in [4.78, 5) is 13.3. The van der Waals surface area contributed by atoms with Crippen LogP contribution in [0, 0.1) is 0 Å². The lowest BCUT2D eigenvalue weighted by atomic mass is 9.97. The number of amides is 1. The number of allylic oxidation sites excluding steroid dienone is 5. The largest absolute Gasteiger partial charge is 0.394 e. The number of aliphatic hydroxyl groups excluding tert-OH is 8. The highest BCUT2D eigenvalue weighted by atomic mass is 16.7. The molecule has 0 radical (unpaired) electrons. The van der Waals surface area contributed by atoms with Crippen molar-refractivity contribution in [1.29, 1.82) is 0 Å². The van der Waals surface area contributed by atoms with Gasteiger partial charge in [0.15, 0.2) is 12.6 Å². The van der Waals surface area contributed by atoms with Crippen LogP contribution in [-0.2, 0) is 23.7 Å². The van der Waals surface area contributed by atoms with E-state index in [0.29, 0.717) is 12.8 Å². The summed E-state index contributed by atoms with van der Waals surface area (Å²) in [6.07, 6.45) is 46.3. The molecule has 9 N–H and O–H groups in total. The Bertz CT molecular complexity index is 1460. The highest BCUT2D eigenvalue weighted by Crippen LogP contribution is 2.30. The quantitative estimate of drug-likeness (QED) is 0.0204. The maximum absolute atomic E-state index is 13.3. The van der Waals surface area contributed by atoms with Gasteiger partial charge in [-0.15, -0.1) is 0 Å². The van der Waals surface area contributed by atoms with Crippen LogP contribution in [0.5, 0.6) is 0 Å². The number of carbonyl (C=O) groups is 1. The number of hydrogen-bond donors (Lipinski definition) is 9. The molecule has 0 bridgehead atoms. The van der Waals surface area contributed by atoms with Crippen molar-refractivity contribution in [1.82, 2.24) is 5.32 Å². The van der Waals surface area contributed by atoms with Gasteiger partial charge in [-0.3, -0.25) is 4.79 Å². The van der Waals surface area contributed by atoms with Crippen LogP contribution >= 0.6 is 0 Å². The summed E-state index contributed by atoms with van der Waals surface area (Å²) in [5.74, 6) is -0.251. The number of carbonyl (C=O) groups excluding carboxylic acids is 1. The van der Waals surface area contributed by atoms with Gasteiger partial charge in [0, 0.05) is 6.42 Å². The first kappa shape index (κ1) is 73.3. The van der Waals surface area contributed by atoms with E-state index in [1.807, 2.05) is 6.08 Å². The van der Waals surface area contributed by atoms with E-state index in [2.05, 4.69) is 43.5 Å². The molecule has 0 aromatic heterocycles. The van der Waals surface area contributed by atoms with Crippen LogP contribution in [0.25, 0.3) is 0 Å². The lowest BCUT2D eigenvalue weighted by Gasteiger charge is -2.46. The van der Waals surface area contributed by atoms with Crippen LogP contribution in [0.3, 0.4) is 0 Å². The molecule has 2 rings (SSSR count). The van der Waals surface area contributed by atoms with Crippen LogP contribution in [0.1, 0.15) is 277 Å². The average Bonchev–Trinajstić information content (AvgIpc) is 3.46. The number of unbranched alkanes of at least 4 members (excludes halogenated alkanes) is 36. The highest BCUT2D eigenvalue weighted by Gasteiger charge is 2.51. The standard InChI is InChI=1S/C65H121NO13/c1-3-5-7-9-11-13-15-17-19-21-23-24-25-26-27-28-29-30-31-32-34-36-38-40-42-44-46-48-54(69)53(66-57(70)49-47-45-43-41-39-37-35-33-22-20-18-16-14-12-10-8-6-4-2)52-76-64-62(75)60(73)63(56(51-68)78-64)79-65-61(74)59(72)58(71)55(50-67)77-65/h20,22,38,40,46,48,53-56,58-65,67-69,71-75H,3-19,21,23-37,39,41-45,47,49-52H2,1-2H3,(H,66,70)/b22-20-,40-38+,48-46+. The summed E-state index contributed by atoms with van der Waals surface area (Å²) in [5.41, 5.74) is 0. The molecule has 464 valence electrons. The zero-order valence-electron chi connectivity index (χ0n) is 50.1. The van der Waals surface area contributed by atoms with Gasteiger partial charge < -0.3 is 65.1 Å². The minimum Gasteiger partial charge on any atom is -0.394 e. The van der Waals surface area contributed by atoms with Gasteiger partial charge in [-0.2, -0.15) is 0 Å². The molecule has 79 heavy (non-hydrogen) atoms. The van der Waals surface area contributed by atoms with Gasteiger partial charge in [0.25, 0.3) is 0 Å². The van der Waals surface area contributed by atoms with E-state index >= 15 is 0 Å². The summed E-state index contributed by atoms with van der Waals surface area (Å²) in [6.45, 7) is 2.81. The van der Waals surface area contributed by atoms with Crippen molar-refractivity contribution in [2.75, 3.05) is 19.8 Å². The monoisotopic (exact) mass is 1120 g/mol. The molecule has 2 aliphatic rings. The Balaban J connectivity index is 1.73. The lowest BCUT2D eigenvalue weighted by molar-refractivity contribution is -0.359. The third kappa shape index (κ3) is 35.8. The van der Waals surface area contributed by atoms with Crippen molar-refractivity contribution in [2.45, 2.75) is 351 Å². The lowest BCUT2D eigenvalue weighted by Crippen LogP contribution is -2.65. The van der Waals surface area contributed by atoms with E-state index in [1.54, 1.807) is 6.08 Å². The van der Waals surface area contributed by atoms with E-state index in [4.69, 9.17) is 18.9 Å². The third-order valence-corrected chi connectivity index (χ3v) is 16.0. The second kappa shape index (κ2) is 50.7. The van der Waals surface area contributed by atoms with Crippen LogP contribution in [-0.4, -0.2) is 140 Å². The van der Waals surface area contributed by atoms with Crippen molar-refractivity contribution in [2.24, 2.45) is 0 Å². The van der Waals surface area contributed by atoms with Gasteiger partial charge in [-0.1, -0.05) is 249 Å². The molecule has 0 aliphatic carbocycles. The van der Waals surface area contributed by atoms with Crippen molar-refractivity contribution in [3.63, 3.8) is 0 Å². The normalized spacial score (nSPS) is 24.6. The number of ether oxygens (including phenoxy) is 4. The molecule has 2 saturated heterocycles. The predicted octanol–water partition coefficient (Wildman–Crippen LogP) is 12.2. The minimum atomic E-state index is -1.79. The number of hydrogen-bond acceptors (Lipinski definition) is 13. The van der Waals surface area contributed by atoms with Crippen molar-refractivity contribution in [3.8, 4) is 0 Å². The zero-order chi connectivity index (χ0) is 57.4. The molecule has 2 fully saturated rings. The van der Waals surface area contributed by atoms with E-state index in [-0.39, 0.29) is 18.9 Å². The van der Waals surface area contributed by atoms with E-state index < -0.39 is 86.8 Å². The van der Waals surface area contributed by atoms with Crippen molar-refractivity contribution < 1.29 is 64.6 Å². The fourth-order valence-corrected chi connectivity index (χ4v) is 10.8. The predicted molar refractivity (Wildman–Crippen MR) is 318 cm³/mol. The topological polar surface area (TPSA) is 228 Å². The van der Waals surface area contributed by atoms with Gasteiger partial charge in [0.2, 0.25) is 5.91 Å². The first-order chi connectivity index (χ1) is 38.6. The van der Waals surface area contributed by atoms with Crippen LogP contribution in [0.15, 0.2) is 36.5 Å². The molecule has 2 aliphatic heterocycles. The SMILES string of the molecule is CCCCCCCCC/C=C\CCCCCCCCCC(=O)NC(COC1OC(CO)C(OC2OC(CO)C(O)C(O)C2O)C(O)C1O)C(O)/C=C/CC/C=C/CCCCCCCCCCCCCCCCCCCCCCC. The number of rotatable bonds is 53. The minimum absolute atomic E-state index is 0.251. The van der Waals surface area contributed by atoms with Gasteiger partial charge >= 0.3 is 0 Å². The average molecular weight is 1120 g/mol. The maximum atomic E-state index is 13.3.